The number of ether oxygens (including phenoxy) is 9. The van der Waals surface area contributed by atoms with Crippen LogP contribution in [0.15, 0.2) is 0 Å². The van der Waals surface area contributed by atoms with Gasteiger partial charge in [-0.3, -0.25) is 56.7 Å². The highest BCUT2D eigenvalue weighted by Gasteiger charge is 2.63. The van der Waals surface area contributed by atoms with Gasteiger partial charge in [0.05, 0.1) is 6.61 Å². The van der Waals surface area contributed by atoms with E-state index >= 15 is 4.57 Å². The molecule has 450 valence electrons. The molecule has 0 aromatic heterocycles. The summed E-state index contributed by atoms with van der Waals surface area (Å²) in [5, 5.41) is 0. The van der Waals surface area contributed by atoms with Crippen molar-refractivity contribution in [2.45, 2.75) is 233 Å². The first kappa shape index (κ1) is 71.5. The smallest absolute Gasteiger partial charge is 0.462 e. The largest absolute Gasteiger partial charge is 0.481 e. The van der Waals surface area contributed by atoms with Crippen LogP contribution in [0.1, 0.15) is 191 Å². The summed E-state index contributed by atoms with van der Waals surface area (Å²) in [5.74, 6) is -8.44. The van der Waals surface area contributed by atoms with Crippen molar-refractivity contribution in [3.05, 3.63) is 0 Å². The maximum Gasteiger partial charge on any atom is 0.481 e. The molecule has 0 spiro atoms. The summed E-state index contributed by atoms with van der Waals surface area (Å²) in [5.41, 5.74) is 0. The first-order valence-corrected chi connectivity index (χ1v) is 29.7. The van der Waals surface area contributed by atoms with E-state index in [1.54, 1.807) is 27.7 Å². The number of hydrogen-bond donors (Lipinski definition) is 0. The molecule has 0 amide bonds. The number of carbonyl (C=O) groups is 9. The van der Waals surface area contributed by atoms with Gasteiger partial charge in [-0.05, 0) is 38.5 Å². The first-order chi connectivity index (χ1) is 37.1. The number of unbranched alkanes of at least 4 members (excludes halogenated alkanes) is 8. The van der Waals surface area contributed by atoms with Gasteiger partial charge in [-0.1, -0.05) is 92.9 Å². The van der Waals surface area contributed by atoms with Crippen molar-refractivity contribution in [1.29, 1.82) is 0 Å². The molecule has 0 N–H and O–H groups in total. The lowest BCUT2D eigenvalue weighted by Gasteiger charge is -2.48. The Morgan fingerprint density at radius 1 is 0.346 bits per heavy atom. The monoisotopic (exact) mass is 1160 g/mol. The van der Waals surface area contributed by atoms with Crippen LogP contribution in [0.2, 0.25) is 0 Å². The van der Waals surface area contributed by atoms with Crippen LogP contribution in [-0.4, -0.2) is 130 Å². The number of phosphoric ester groups is 2. The summed E-state index contributed by atoms with van der Waals surface area (Å²) in [6.07, 6.45) is -7.89. The van der Waals surface area contributed by atoms with Crippen LogP contribution in [0.5, 0.6) is 0 Å². The number of hydrogen-bond acceptors (Lipinski definition) is 26. The zero-order valence-corrected chi connectivity index (χ0v) is 48.5. The molecule has 28 heteroatoms. The molecular weight excluding hydrogens is 1080 g/mol. The highest BCUT2D eigenvalue weighted by molar-refractivity contribution is 7.48. The summed E-state index contributed by atoms with van der Waals surface area (Å²) < 4.78 is 113. The minimum Gasteiger partial charge on any atom is -0.462 e. The Balaban J connectivity index is 4.37. The maximum absolute atomic E-state index is 15.4. The predicted octanol–water partition coefficient (Wildman–Crippen LogP) is 8.64. The molecule has 1 aliphatic carbocycles. The van der Waals surface area contributed by atoms with Crippen molar-refractivity contribution in [1.82, 2.24) is 0 Å². The van der Waals surface area contributed by atoms with E-state index in [-0.39, 0.29) is 64.2 Å². The molecule has 0 radical (unpaired) electrons. The van der Waals surface area contributed by atoms with Crippen molar-refractivity contribution in [2.75, 3.05) is 33.6 Å². The molecule has 8 atom stereocenters. The van der Waals surface area contributed by atoms with E-state index in [2.05, 4.69) is 0 Å². The van der Waals surface area contributed by atoms with Gasteiger partial charge in [-0.15, -0.1) is 0 Å². The fourth-order valence-electron chi connectivity index (χ4n) is 7.11. The molecule has 0 aromatic rings. The topological polar surface area (TPSA) is 326 Å². The van der Waals surface area contributed by atoms with E-state index in [9.17, 15) is 47.7 Å². The first-order valence-electron chi connectivity index (χ1n) is 26.8. The van der Waals surface area contributed by atoms with Crippen LogP contribution < -0.4 is 0 Å². The highest BCUT2D eigenvalue weighted by Crippen LogP contribution is 2.57. The fraction of sp³-hybridized carbons (Fsp3) is 0.820. The fourth-order valence-corrected chi connectivity index (χ4v) is 9.48. The highest BCUT2D eigenvalue weighted by atomic mass is 31.2. The number of carbonyl (C=O) groups excluding carboxylic acids is 9. The van der Waals surface area contributed by atoms with Crippen molar-refractivity contribution in [2.24, 2.45) is 0 Å². The van der Waals surface area contributed by atoms with Gasteiger partial charge in [0.2, 0.25) is 20.4 Å². The lowest BCUT2D eigenvalue weighted by molar-refractivity contribution is -0.250. The van der Waals surface area contributed by atoms with E-state index in [4.69, 9.17) is 69.8 Å². The van der Waals surface area contributed by atoms with Gasteiger partial charge in [0.15, 0.2) is 30.5 Å². The average Bonchev–Trinajstić information content (AvgIpc) is 3.36. The average molecular weight is 1160 g/mol. The van der Waals surface area contributed by atoms with Gasteiger partial charge < -0.3 is 42.6 Å². The molecule has 1 rings (SSSR count). The van der Waals surface area contributed by atoms with Gasteiger partial charge in [-0.25, -0.2) is 22.7 Å². The Bertz CT molecular complexity index is 1920. The van der Waals surface area contributed by atoms with Gasteiger partial charge >= 0.3 is 69.4 Å². The minimum atomic E-state index is -5.55. The second-order valence-electron chi connectivity index (χ2n) is 17.9. The summed E-state index contributed by atoms with van der Waals surface area (Å²) in [6, 6.07) is 0. The third-order valence-electron chi connectivity index (χ3n) is 10.9. The Morgan fingerprint density at radius 3 is 1.01 bits per heavy atom. The molecule has 1 aliphatic rings. The molecule has 78 heavy (non-hydrogen) atoms. The maximum atomic E-state index is 15.4. The van der Waals surface area contributed by atoms with E-state index < -0.39 is 146 Å². The van der Waals surface area contributed by atoms with Crippen molar-refractivity contribution in [3.63, 3.8) is 0 Å². The van der Waals surface area contributed by atoms with Crippen molar-refractivity contribution < 1.29 is 122 Å². The summed E-state index contributed by atoms with van der Waals surface area (Å²) in [7, 11) is -11.0. The van der Waals surface area contributed by atoms with Crippen LogP contribution in [0, 0.1) is 0 Å². The molecule has 0 aliphatic heterocycles. The van der Waals surface area contributed by atoms with Gasteiger partial charge in [0.1, 0.15) is 18.8 Å². The minimum absolute atomic E-state index is 0.0201. The van der Waals surface area contributed by atoms with Crippen LogP contribution >= 0.6 is 15.6 Å². The lowest BCUT2D eigenvalue weighted by Crippen LogP contribution is -2.68. The normalized spacial score (nSPS) is 19.2. The quantitative estimate of drug-likeness (QED) is 0.0181. The van der Waals surface area contributed by atoms with Crippen LogP contribution in [0.4, 0.5) is 0 Å². The number of rotatable bonds is 43. The Morgan fingerprint density at radius 2 is 0.667 bits per heavy atom. The summed E-state index contributed by atoms with van der Waals surface area (Å²) in [4.78, 5) is 117. The summed E-state index contributed by atoms with van der Waals surface area (Å²) in [6.45, 7) is 8.27. The number of esters is 9. The Kier molecular flexibility index (Phi) is 37.2. The van der Waals surface area contributed by atoms with E-state index in [0.717, 1.165) is 65.7 Å². The van der Waals surface area contributed by atoms with Gasteiger partial charge in [-0.2, -0.15) is 0 Å². The standard InChI is InChI=1S/C50H84O26P2/c1-10-16-18-20-22-28-39(54)62-30-38(70-44(59)29-23-21-19-17-11-2)31-66-77(60,67-32-63-35(7)51)75-49-46(72-41(56)25-13-4)45(71-40(55)24-12-3)47(73-42(57)26-14-5)50(48(49)74-43(58)27-15-6)76-78(61,68-33-64-36(8)52)69-34-65-37(9)53/h38,45-50H,10-34H2,1-9H3/t38-,45-,46-,47+,48+,49+,50-,77?/m1/s1. The molecule has 1 fully saturated rings. The zero-order chi connectivity index (χ0) is 58.5. The number of phosphoric acid groups is 2. The van der Waals surface area contributed by atoms with Crippen molar-refractivity contribution in [3.8, 4) is 0 Å². The van der Waals surface area contributed by atoms with Crippen molar-refractivity contribution >= 4 is 69.4 Å². The van der Waals surface area contributed by atoms with Gasteiger partial charge in [0.25, 0.3) is 0 Å². The Hall–Kier alpha value is -4.55. The molecule has 1 saturated carbocycles. The molecule has 0 saturated heterocycles. The third-order valence-corrected chi connectivity index (χ3v) is 13.6. The van der Waals surface area contributed by atoms with Gasteiger partial charge in [0, 0.05) is 59.3 Å². The molecule has 1 unspecified atom stereocenters. The van der Waals surface area contributed by atoms with Crippen LogP contribution in [0.3, 0.4) is 0 Å². The molecule has 0 aromatic carbocycles. The molecule has 0 heterocycles. The summed E-state index contributed by atoms with van der Waals surface area (Å²) >= 11 is 0. The third kappa shape index (κ3) is 30.7. The van der Waals surface area contributed by atoms with Crippen LogP contribution in [0.25, 0.3) is 0 Å². The lowest BCUT2D eigenvalue weighted by atomic mass is 9.84. The molecular formula is C50H84O26P2. The van der Waals surface area contributed by atoms with Crippen LogP contribution in [-0.2, 0) is 122 Å². The zero-order valence-electron chi connectivity index (χ0n) is 46.7. The van der Waals surface area contributed by atoms with E-state index in [1.807, 2.05) is 13.8 Å². The van der Waals surface area contributed by atoms with E-state index in [1.165, 1.54) is 0 Å². The Labute approximate surface area is 457 Å². The molecule has 0 bridgehead atoms. The SMILES string of the molecule is CCCCCCCC(=O)OC[C@H](COP(=O)(OCOC(C)=O)O[C@@H]1[C@H](OC(=O)CCC)[C@H](OP(=O)(OCOC(C)=O)OCOC(C)=O)[C@@H](OC(=O)CCC)[C@H](OC(=O)CCC)[C@H]1OC(=O)CCC)OC(=O)CCCCCCC. The second kappa shape index (κ2) is 40.6. The second-order valence-corrected chi connectivity index (χ2v) is 21.2. The predicted molar refractivity (Wildman–Crippen MR) is 271 cm³/mol. The molecule has 26 nitrogen and oxygen atoms in total. The van der Waals surface area contributed by atoms with E-state index in [0.29, 0.717) is 19.3 Å².